The number of carboxylic acids is 1. The van der Waals surface area contributed by atoms with Crippen molar-refractivity contribution in [3.05, 3.63) is 0 Å². The first kappa shape index (κ1) is 11.0. The van der Waals surface area contributed by atoms with Crippen LogP contribution in [0.2, 0.25) is 0 Å². The molecule has 14 heavy (non-hydrogen) atoms. The summed E-state index contributed by atoms with van der Waals surface area (Å²) < 4.78 is 0. The highest BCUT2D eigenvalue weighted by molar-refractivity contribution is 5.76. The molecule has 1 fully saturated rings. The van der Waals surface area contributed by atoms with E-state index in [1.165, 1.54) is 4.90 Å². The SMILES string of the molecule is CCN(C=O)C(C(=O)O)C1CCCC1. The Bertz CT molecular complexity index is 211. The van der Waals surface area contributed by atoms with Gasteiger partial charge in [-0.05, 0) is 25.7 Å². The summed E-state index contributed by atoms with van der Waals surface area (Å²) in [6.45, 7) is 2.27. The number of aliphatic carboxylic acids is 1. The number of carbonyl (C=O) groups excluding carboxylic acids is 1. The van der Waals surface area contributed by atoms with E-state index in [9.17, 15) is 9.59 Å². The molecule has 1 aliphatic carbocycles. The molecule has 1 amide bonds. The van der Waals surface area contributed by atoms with Crippen molar-refractivity contribution in [3.63, 3.8) is 0 Å². The highest BCUT2D eigenvalue weighted by Gasteiger charge is 2.34. The minimum Gasteiger partial charge on any atom is -0.480 e. The smallest absolute Gasteiger partial charge is 0.326 e. The van der Waals surface area contributed by atoms with E-state index in [0.29, 0.717) is 13.0 Å². The molecule has 0 bridgehead atoms. The number of rotatable bonds is 5. The predicted octanol–water partition coefficient (Wildman–Crippen LogP) is 1.11. The molecule has 0 heterocycles. The van der Waals surface area contributed by atoms with E-state index < -0.39 is 12.0 Å². The first-order valence-corrected chi connectivity index (χ1v) is 5.14. The van der Waals surface area contributed by atoms with Crippen LogP contribution in [-0.4, -0.2) is 35.0 Å². The van der Waals surface area contributed by atoms with Crippen LogP contribution < -0.4 is 0 Å². The van der Waals surface area contributed by atoms with Gasteiger partial charge in [-0.1, -0.05) is 12.8 Å². The molecule has 1 atom stereocenters. The zero-order valence-electron chi connectivity index (χ0n) is 8.48. The Morgan fingerprint density at radius 3 is 2.50 bits per heavy atom. The summed E-state index contributed by atoms with van der Waals surface area (Å²) in [5.41, 5.74) is 0. The fourth-order valence-corrected chi connectivity index (χ4v) is 2.22. The lowest BCUT2D eigenvalue weighted by molar-refractivity contribution is -0.148. The Morgan fingerprint density at radius 1 is 1.57 bits per heavy atom. The van der Waals surface area contributed by atoms with Crippen molar-refractivity contribution in [2.75, 3.05) is 6.54 Å². The molecule has 1 saturated carbocycles. The van der Waals surface area contributed by atoms with Crippen molar-refractivity contribution in [1.29, 1.82) is 0 Å². The van der Waals surface area contributed by atoms with Gasteiger partial charge >= 0.3 is 5.97 Å². The topological polar surface area (TPSA) is 57.6 Å². The molecule has 0 spiro atoms. The number of carboxylic acid groups (broad SMARTS) is 1. The molecule has 0 aromatic rings. The average Bonchev–Trinajstić information content (AvgIpc) is 2.65. The van der Waals surface area contributed by atoms with Crippen molar-refractivity contribution >= 4 is 12.4 Å². The normalized spacial score (nSPS) is 19.2. The van der Waals surface area contributed by atoms with Crippen LogP contribution in [0.15, 0.2) is 0 Å². The third-order valence-electron chi connectivity index (χ3n) is 2.96. The Kier molecular flexibility index (Phi) is 3.92. The Hall–Kier alpha value is -1.06. The fraction of sp³-hybridized carbons (Fsp3) is 0.800. The molecular formula is C10H17NO3. The minimum atomic E-state index is -0.870. The third kappa shape index (κ3) is 2.25. The summed E-state index contributed by atoms with van der Waals surface area (Å²) in [5, 5.41) is 9.07. The molecule has 1 aliphatic rings. The predicted molar refractivity (Wildman–Crippen MR) is 51.8 cm³/mol. The quantitative estimate of drug-likeness (QED) is 0.675. The van der Waals surface area contributed by atoms with Crippen LogP contribution in [0.5, 0.6) is 0 Å². The Balaban J connectivity index is 2.70. The number of carbonyl (C=O) groups is 2. The second-order valence-corrected chi connectivity index (χ2v) is 3.76. The van der Waals surface area contributed by atoms with Gasteiger partial charge in [0.15, 0.2) is 0 Å². The van der Waals surface area contributed by atoms with Gasteiger partial charge in [-0.3, -0.25) is 4.79 Å². The highest BCUT2D eigenvalue weighted by atomic mass is 16.4. The molecule has 1 unspecified atom stereocenters. The Morgan fingerprint density at radius 2 is 2.14 bits per heavy atom. The number of hydrogen-bond acceptors (Lipinski definition) is 2. The molecule has 1 N–H and O–H groups in total. The minimum absolute atomic E-state index is 0.151. The van der Waals surface area contributed by atoms with Gasteiger partial charge in [-0.2, -0.15) is 0 Å². The number of nitrogens with zero attached hydrogens (tertiary/aromatic N) is 1. The zero-order valence-corrected chi connectivity index (χ0v) is 8.48. The van der Waals surface area contributed by atoms with Crippen LogP contribution in [-0.2, 0) is 9.59 Å². The average molecular weight is 199 g/mol. The molecule has 0 radical (unpaired) electrons. The molecule has 80 valence electrons. The highest BCUT2D eigenvalue weighted by Crippen LogP contribution is 2.30. The molecule has 0 aromatic carbocycles. The summed E-state index contributed by atoms with van der Waals surface area (Å²) in [4.78, 5) is 23.1. The number of hydrogen-bond donors (Lipinski definition) is 1. The van der Waals surface area contributed by atoms with Crippen molar-refractivity contribution in [2.45, 2.75) is 38.6 Å². The van der Waals surface area contributed by atoms with E-state index in [0.717, 1.165) is 25.7 Å². The fourth-order valence-electron chi connectivity index (χ4n) is 2.22. The molecule has 4 nitrogen and oxygen atoms in total. The van der Waals surface area contributed by atoms with Crippen LogP contribution in [0.25, 0.3) is 0 Å². The second-order valence-electron chi connectivity index (χ2n) is 3.76. The maximum absolute atomic E-state index is 11.0. The summed E-state index contributed by atoms with van der Waals surface area (Å²) in [6.07, 6.45) is 4.69. The maximum atomic E-state index is 11.0. The van der Waals surface area contributed by atoms with Crippen molar-refractivity contribution in [1.82, 2.24) is 4.90 Å². The Labute approximate surface area is 83.9 Å². The molecule has 1 rings (SSSR count). The molecule has 0 saturated heterocycles. The van der Waals surface area contributed by atoms with Crippen LogP contribution in [0.4, 0.5) is 0 Å². The van der Waals surface area contributed by atoms with Crippen LogP contribution in [0, 0.1) is 5.92 Å². The van der Waals surface area contributed by atoms with Crippen LogP contribution in [0.3, 0.4) is 0 Å². The summed E-state index contributed by atoms with van der Waals surface area (Å²) in [6, 6.07) is -0.611. The van der Waals surface area contributed by atoms with Gasteiger partial charge in [0.1, 0.15) is 6.04 Å². The standard InChI is InChI=1S/C10H17NO3/c1-2-11(7-12)9(10(13)14)8-5-3-4-6-8/h7-9H,2-6H2,1H3,(H,13,14). The molecule has 0 aromatic heterocycles. The lowest BCUT2D eigenvalue weighted by atomic mass is 9.97. The van der Waals surface area contributed by atoms with Crippen LogP contribution >= 0.6 is 0 Å². The lowest BCUT2D eigenvalue weighted by Crippen LogP contribution is -2.44. The van der Waals surface area contributed by atoms with Crippen molar-refractivity contribution < 1.29 is 14.7 Å². The zero-order chi connectivity index (χ0) is 10.6. The lowest BCUT2D eigenvalue weighted by Gasteiger charge is -2.28. The van der Waals surface area contributed by atoms with Gasteiger partial charge in [0.25, 0.3) is 0 Å². The molecule has 0 aliphatic heterocycles. The van der Waals surface area contributed by atoms with Gasteiger partial charge in [0.2, 0.25) is 6.41 Å². The van der Waals surface area contributed by atoms with Gasteiger partial charge in [0.05, 0.1) is 0 Å². The van der Waals surface area contributed by atoms with E-state index in [4.69, 9.17) is 5.11 Å². The van der Waals surface area contributed by atoms with E-state index in [2.05, 4.69) is 0 Å². The van der Waals surface area contributed by atoms with E-state index >= 15 is 0 Å². The third-order valence-corrected chi connectivity index (χ3v) is 2.96. The van der Waals surface area contributed by atoms with Crippen molar-refractivity contribution in [2.24, 2.45) is 5.92 Å². The molecule has 4 heteroatoms. The van der Waals surface area contributed by atoms with Gasteiger partial charge in [0, 0.05) is 6.54 Å². The van der Waals surface area contributed by atoms with Gasteiger partial charge in [-0.15, -0.1) is 0 Å². The number of amides is 1. The number of likely N-dealkylation sites (N-methyl/N-ethyl adjacent to an activating group) is 1. The van der Waals surface area contributed by atoms with Crippen molar-refractivity contribution in [3.8, 4) is 0 Å². The second kappa shape index (κ2) is 4.98. The van der Waals surface area contributed by atoms with E-state index in [1.807, 2.05) is 0 Å². The van der Waals surface area contributed by atoms with Gasteiger partial charge in [-0.25, -0.2) is 4.79 Å². The first-order valence-electron chi connectivity index (χ1n) is 5.14. The largest absolute Gasteiger partial charge is 0.480 e. The summed E-state index contributed by atoms with van der Waals surface area (Å²) >= 11 is 0. The molecular weight excluding hydrogens is 182 g/mol. The summed E-state index contributed by atoms with van der Waals surface area (Å²) in [5.74, 6) is -0.719. The van der Waals surface area contributed by atoms with Crippen LogP contribution in [0.1, 0.15) is 32.6 Å². The van der Waals surface area contributed by atoms with E-state index in [-0.39, 0.29) is 5.92 Å². The first-order chi connectivity index (χ1) is 6.70. The summed E-state index contributed by atoms with van der Waals surface area (Å²) in [7, 11) is 0. The van der Waals surface area contributed by atoms with E-state index in [1.54, 1.807) is 6.92 Å². The maximum Gasteiger partial charge on any atom is 0.326 e. The monoisotopic (exact) mass is 199 g/mol. The van der Waals surface area contributed by atoms with Gasteiger partial charge < -0.3 is 10.0 Å².